The highest BCUT2D eigenvalue weighted by Crippen LogP contribution is 2.37. The van der Waals surface area contributed by atoms with Gasteiger partial charge >= 0.3 is 0 Å². The van der Waals surface area contributed by atoms with Gasteiger partial charge in [0.25, 0.3) is 0 Å². The summed E-state index contributed by atoms with van der Waals surface area (Å²) in [5, 5.41) is 0.855. The van der Waals surface area contributed by atoms with Crippen LogP contribution in [0.15, 0.2) is 18.2 Å². The van der Waals surface area contributed by atoms with Crippen molar-refractivity contribution in [2.45, 2.75) is 25.2 Å². The molecule has 2 aromatic rings. The number of hydrogen-bond donors (Lipinski definition) is 2. The van der Waals surface area contributed by atoms with Gasteiger partial charge in [-0.2, -0.15) is 0 Å². The van der Waals surface area contributed by atoms with Crippen molar-refractivity contribution in [3.8, 4) is 0 Å². The zero-order valence-electron chi connectivity index (χ0n) is 9.29. The number of nitrogens with one attached hydrogen (secondary N) is 1. The van der Waals surface area contributed by atoms with E-state index in [1.54, 1.807) is 0 Å². The van der Waals surface area contributed by atoms with Crippen LogP contribution in [-0.2, 0) is 11.2 Å². The lowest BCUT2D eigenvalue weighted by atomic mass is 9.87. The molecule has 0 saturated heterocycles. The Hall–Kier alpha value is -1.48. The third-order valence-corrected chi connectivity index (χ3v) is 3.77. The molecule has 1 aromatic carbocycles. The summed E-state index contributed by atoms with van der Waals surface area (Å²) in [6.45, 7) is 0. The highest BCUT2D eigenvalue weighted by molar-refractivity contribution is 6.64. The molecular formula is C13H13ClN2O. The fraction of sp³-hybridized carbons (Fsp3) is 0.308. The number of benzene rings is 1. The van der Waals surface area contributed by atoms with Gasteiger partial charge in [0.05, 0.1) is 5.92 Å². The topological polar surface area (TPSA) is 58.9 Å². The van der Waals surface area contributed by atoms with E-state index in [0.717, 1.165) is 41.5 Å². The summed E-state index contributed by atoms with van der Waals surface area (Å²) >= 11 is 5.66. The van der Waals surface area contributed by atoms with Crippen molar-refractivity contribution in [3.05, 3.63) is 29.5 Å². The monoisotopic (exact) mass is 248 g/mol. The number of aryl methyl sites for hydroxylation is 1. The highest BCUT2D eigenvalue weighted by atomic mass is 35.5. The van der Waals surface area contributed by atoms with Crippen molar-refractivity contribution in [1.82, 2.24) is 4.98 Å². The predicted molar refractivity (Wildman–Crippen MR) is 69.3 cm³/mol. The molecule has 1 aromatic heterocycles. The third-order valence-electron chi connectivity index (χ3n) is 3.51. The molecule has 0 fully saturated rings. The van der Waals surface area contributed by atoms with Crippen LogP contribution in [0.3, 0.4) is 0 Å². The molecule has 17 heavy (non-hydrogen) atoms. The molecule has 88 valence electrons. The zero-order chi connectivity index (χ0) is 12.0. The van der Waals surface area contributed by atoms with Gasteiger partial charge < -0.3 is 10.7 Å². The lowest BCUT2D eigenvalue weighted by Crippen LogP contribution is -2.14. The Bertz CT molecular complexity index is 603. The number of H-pyrrole nitrogens is 1. The van der Waals surface area contributed by atoms with E-state index in [4.69, 9.17) is 17.3 Å². The van der Waals surface area contributed by atoms with Crippen LogP contribution in [0, 0.1) is 0 Å². The number of carbonyl (C=O) groups excluding carboxylic acids is 1. The van der Waals surface area contributed by atoms with Gasteiger partial charge in [-0.15, -0.1) is 0 Å². The molecule has 1 unspecified atom stereocenters. The minimum atomic E-state index is -0.273. The summed E-state index contributed by atoms with van der Waals surface area (Å²) < 4.78 is 0. The van der Waals surface area contributed by atoms with Crippen LogP contribution in [0.2, 0.25) is 0 Å². The number of anilines is 1. The van der Waals surface area contributed by atoms with E-state index in [1.807, 2.05) is 18.2 Å². The van der Waals surface area contributed by atoms with Gasteiger partial charge in [0, 0.05) is 22.3 Å². The van der Waals surface area contributed by atoms with E-state index >= 15 is 0 Å². The molecule has 3 rings (SSSR count). The molecule has 3 nitrogen and oxygen atoms in total. The minimum Gasteiger partial charge on any atom is -0.399 e. The van der Waals surface area contributed by atoms with Gasteiger partial charge in [0.15, 0.2) is 0 Å². The van der Waals surface area contributed by atoms with Gasteiger partial charge in [-0.1, -0.05) is 0 Å². The Morgan fingerprint density at radius 3 is 3.06 bits per heavy atom. The molecule has 0 saturated carbocycles. The number of nitrogen functional groups attached to an aromatic ring is 1. The van der Waals surface area contributed by atoms with Crippen LogP contribution in [0.1, 0.15) is 30.0 Å². The number of nitrogens with two attached hydrogens (primary N) is 1. The Labute approximate surface area is 104 Å². The maximum Gasteiger partial charge on any atom is 0.230 e. The van der Waals surface area contributed by atoms with E-state index in [2.05, 4.69) is 4.98 Å². The molecule has 3 N–H and O–H groups in total. The third kappa shape index (κ3) is 1.62. The van der Waals surface area contributed by atoms with E-state index in [9.17, 15) is 4.79 Å². The quantitative estimate of drug-likeness (QED) is 0.602. The Morgan fingerprint density at radius 2 is 2.29 bits per heavy atom. The first kappa shape index (κ1) is 10.7. The van der Waals surface area contributed by atoms with Crippen molar-refractivity contribution in [2.75, 3.05) is 5.73 Å². The zero-order valence-corrected chi connectivity index (χ0v) is 10.1. The number of fused-ring (bicyclic) bond motifs is 3. The summed E-state index contributed by atoms with van der Waals surface area (Å²) in [6.07, 6.45) is 2.81. The number of hydrogen-bond acceptors (Lipinski definition) is 2. The smallest absolute Gasteiger partial charge is 0.230 e. The standard InChI is InChI=1S/C13H13ClN2O/c14-13(17)9-3-1-2-8-10-6-7(15)4-5-11(10)16-12(8)9/h4-6,9,16H,1-3,15H2. The van der Waals surface area contributed by atoms with Crippen LogP contribution in [0.5, 0.6) is 0 Å². The molecule has 0 radical (unpaired) electrons. The molecule has 0 amide bonds. The summed E-state index contributed by atoms with van der Waals surface area (Å²) in [6, 6.07) is 5.78. The minimum absolute atomic E-state index is 0.186. The number of halogens is 1. The Kier molecular flexibility index (Phi) is 2.37. The first-order valence-electron chi connectivity index (χ1n) is 5.76. The van der Waals surface area contributed by atoms with E-state index in [-0.39, 0.29) is 11.2 Å². The van der Waals surface area contributed by atoms with Crippen molar-refractivity contribution >= 4 is 33.4 Å². The van der Waals surface area contributed by atoms with E-state index < -0.39 is 0 Å². The fourth-order valence-electron chi connectivity index (χ4n) is 2.71. The second kappa shape index (κ2) is 3.77. The number of aromatic amines is 1. The Balaban J connectivity index is 2.25. The van der Waals surface area contributed by atoms with Gasteiger partial charge in [-0.05, 0) is 54.6 Å². The van der Waals surface area contributed by atoms with Crippen LogP contribution in [0.4, 0.5) is 5.69 Å². The van der Waals surface area contributed by atoms with Crippen molar-refractivity contribution < 1.29 is 4.79 Å². The van der Waals surface area contributed by atoms with E-state index in [1.165, 1.54) is 5.56 Å². The van der Waals surface area contributed by atoms with Crippen molar-refractivity contribution in [3.63, 3.8) is 0 Å². The van der Waals surface area contributed by atoms with Crippen molar-refractivity contribution in [2.24, 2.45) is 0 Å². The lowest BCUT2D eigenvalue weighted by molar-refractivity contribution is -0.113. The van der Waals surface area contributed by atoms with Gasteiger partial charge in [-0.3, -0.25) is 4.79 Å². The molecule has 1 aliphatic rings. The molecule has 1 aliphatic carbocycles. The molecular weight excluding hydrogens is 236 g/mol. The SMILES string of the molecule is Nc1ccc2[nH]c3c(c2c1)CCCC3C(=O)Cl. The molecule has 0 bridgehead atoms. The predicted octanol–water partition coefficient (Wildman–Crippen LogP) is 2.94. The molecule has 0 spiro atoms. The fourth-order valence-corrected chi connectivity index (χ4v) is 2.93. The number of carbonyl (C=O) groups is 1. The molecule has 1 atom stereocenters. The average Bonchev–Trinajstić information content (AvgIpc) is 2.66. The summed E-state index contributed by atoms with van der Waals surface area (Å²) in [4.78, 5) is 14.7. The second-order valence-electron chi connectivity index (χ2n) is 4.57. The van der Waals surface area contributed by atoms with Crippen LogP contribution in [0.25, 0.3) is 10.9 Å². The molecule has 0 aliphatic heterocycles. The van der Waals surface area contributed by atoms with Gasteiger partial charge in [0.2, 0.25) is 5.24 Å². The van der Waals surface area contributed by atoms with E-state index in [0.29, 0.717) is 0 Å². The Morgan fingerprint density at radius 1 is 1.47 bits per heavy atom. The molecule has 4 heteroatoms. The normalized spacial score (nSPS) is 19.2. The van der Waals surface area contributed by atoms with Crippen LogP contribution in [-0.4, -0.2) is 10.2 Å². The maximum atomic E-state index is 11.4. The number of rotatable bonds is 1. The van der Waals surface area contributed by atoms with Gasteiger partial charge in [0.1, 0.15) is 0 Å². The summed E-state index contributed by atoms with van der Waals surface area (Å²) in [5.41, 5.74) is 9.78. The first-order valence-corrected chi connectivity index (χ1v) is 6.14. The maximum absolute atomic E-state index is 11.4. The van der Waals surface area contributed by atoms with Crippen molar-refractivity contribution in [1.29, 1.82) is 0 Å². The lowest BCUT2D eigenvalue weighted by Gasteiger charge is -2.18. The largest absolute Gasteiger partial charge is 0.399 e. The highest BCUT2D eigenvalue weighted by Gasteiger charge is 2.28. The summed E-state index contributed by atoms with van der Waals surface area (Å²) in [5.74, 6) is -0.186. The first-order chi connectivity index (χ1) is 8.16. The summed E-state index contributed by atoms with van der Waals surface area (Å²) in [7, 11) is 0. The van der Waals surface area contributed by atoms with Crippen LogP contribution < -0.4 is 5.73 Å². The number of aromatic nitrogens is 1. The van der Waals surface area contributed by atoms with Crippen LogP contribution >= 0.6 is 11.6 Å². The second-order valence-corrected chi connectivity index (χ2v) is 4.94. The van der Waals surface area contributed by atoms with Gasteiger partial charge in [-0.25, -0.2) is 0 Å². The molecule has 1 heterocycles. The average molecular weight is 249 g/mol.